The summed E-state index contributed by atoms with van der Waals surface area (Å²) >= 11 is 5.80. The number of benzene rings is 1. The number of nitriles is 1. The predicted octanol–water partition coefficient (Wildman–Crippen LogP) is 3.32. The molecule has 18 heavy (non-hydrogen) atoms. The molecule has 0 spiro atoms. The van der Waals surface area contributed by atoms with Gasteiger partial charge in [-0.05, 0) is 24.3 Å². The monoisotopic (exact) mass is 262 g/mol. The average molecular weight is 263 g/mol. The third-order valence-electron chi connectivity index (χ3n) is 2.24. The molecule has 0 saturated carbocycles. The first-order chi connectivity index (χ1) is 8.70. The molecule has 0 saturated heterocycles. The van der Waals surface area contributed by atoms with Crippen LogP contribution in [-0.2, 0) is 6.61 Å². The summed E-state index contributed by atoms with van der Waals surface area (Å²) in [6, 6.07) is 9.29. The molecule has 0 radical (unpaired) electrons. The number of rotatable bonds is 3. The Morgan fingerprint density at radius 2 is 2.22 bits per heavy atom. The molecule has 1 aromatic carbocycles. The fourth-order valence-corrected chi connectivity index (χ4v) is 1.59. The van der Waals surface area contributed by atoms with E-state index in [1.165, 1.54) is 18.2 Å². The smallest absolute Gasteiger partial charge is 0.144 e. The minimum absolute atomic E-state index is 0.112. The van der Waals surface area contributed by atoms with Crippen molar-refractivity contribution in [2.75, 3.05) is 0 Å². The van der Waals surface area contributed by atoms with Crippen LogP contribution in [0, 0.1) is 17.1 Å². The highest BCUT2D eigenvalue weighted by Gasteiger charge is 2.09. The fourth-order valence-electron chi connectivity index (χ4n) is 1.41. The molecule has 1 heterocycles. The molecule has 0 amide bonds. The predicted molar refractivity (Wildman–Crippen MR) is 64.7 cm³/mol. The topological polar surface area (TPSA) is 45.9 Å². The van der Waals surface area contributed by atoms with Crippen molar-refractivity contribution in [3.63, 3.8) is 0 Å². The Morgan fingerprint density at radius 3 is 2.94 bits per heavy atom. The zero-order valence-electron chi connectivity index (χ0n) is 9.23. The third-order valence-corrected chi connectivity index (χ3v) is 2.48. The first-order valence-corrected chi connectivity index (χ1v) is 5.50. The first kappa shape index (κ1) is 12.3. The summed E-state index contributed by atoms with van der Waals surface area (Å²) in [5.41, 5.74) is 0.496. The van der Waals surface area contributed by atoms with Crippen LogP contribution < -0.4 is 4.74 Å². The van der Waals surface area contributed by atoms with E-state index in [2.05, 4.69) is 4.98 Å². The van der Waals surface area contributed by atoms with Crippen molar-refractivity contribution in [2.45, 2.75) is 6.61 Å². The highest BCUT2D eigenvalue weighted by atomic mass is 35.5. The van der Waals surface area contributed by atoms with Crippen LogP contribution in [0.5, 0.6) is 5.75 Å². The molecule has 3 nitrogen and oxygen atoms in total. The van der Waals surface area contributed by atoms with E-state index in [0.29, 0.717) is 10.7 Å². The molecule has 2 aromatic rings. The van der Waals surface area contributed by atoms with Gasteiger partial charge in [-0.2, -0.15) is 5.26 Å². The Labute approximate surface area is 108 Å². The number of hydrogen-bond acceptors (Lipinski definition) is 3. The molecule has 0 unspecified atom stereocenters. The van der Waals surface area contributed by atoms with Crippen LogP contribution in [0.25, 0.3) is 0 Å². The van der Waals surface area contributed by atoms with E-state index in [4.69, 9.17) is 21.6 Å². The van der Waals surface area contributed by atoms with Crippen LogP contribution in [0.15, 0.2) is 36.5 Å². The molecule has 0 aliphatic heterocycles. The van der Waals surface area contributed by atoms with Crippen molar-refractivity contribution in [2.24, 2.45) is 0 Å². The number of pyridine rings is 1. The number of ether oxygens (including phenoxy) is 1. The van der Waals surface area contributed by atoms with Gasteiger partial charge in [0.1, 0.15) is 29.8 Å². The van der Waals surface area contributed by atoms with Crippen LogP contribution in [0.3, 0.4) is 0 Å². The maximum absolute atomic E-state index is 13.3. The zero-order valence-corrected chi connectivity index (χ0v) is 9.99. The van der Waals surface area contributed by atoms with E-state index < -0.39 is 5.82 Å². The van der Waals surface area contributed by atoms with Crippen molar-refractivity contribution in [1.29, 1.82) is 5.26 Å². The lowest BCUT2D eigenvalue weighted by atomic mass is 10.2. The van der Waals surface area contributed by atoms with Gasteiger partial charge in [0, 0.05) is 11.2 Å². The highest BCUT2D eigenvalue weighted by molar-refractivity contribution is 6.30. The van der Waals surface area contributed by atoms with Crippen LogP contribution in [-0.4, -0.2) is 4.98 Å². The summed E-state index contributed by atoms with van der Waals surface area (Å²) in [5, 5.41) is 9.38. The standard InChI is InChI=1S/C13H8ClFN2O/c14-9-4-5-17-10(6-9)8-18-13-3-1-2-12(15)11(13)7-16/h1-6H,8H2. The first-order valence-electron chi connectivity index (χ1n) is 5.12. The van der Waals surface area contributed by atoms with Crippen LogP contribution in [0.2, 0.25) is 5.02 Å². The lowest BCUT2D eigenvalue weighted by Crippen LogP contribution is -2.00. The van der Waals surface area contributed by atoms with Crippen LogP contribution >= 0.6 is 11.6 Å². The molecule has 1 aromatic heterocycles. The van der Waals surface area contributed by atoms with E-state index in [9.17, 15) is 4.39 Å². The Hall–Kier alpha value is -2.12. The summed E-state index contributed by atoms with van der Waals surface area (Å²) in [7, 11) is 0. The van der Waals surface area contributed by atoms with Gasteiger partial charge < -0.3 is 4.74 Å². The fraction of sp³-hybridized carbons (Fsp3) is 0.0769. The van der Waals surface area contributed by atoms with Gasteiger partial charge in [-0.1, -0.05) is 17.7 Å². The number of aromatic nitrogens is 1. The second kappa shape index (κ2) is 5.48. The Balaban J connectivity index is 2.16. The number of hydrogen-bond donors (Lipinski definition) is 0. The summed E-state index contributed by atoms with van der Waals surface area (Å²) in [6.07, 6.45) is 1.55. The molecule has 0 fully saturated rings. The van der Waals surface area contributed by atoms with Crippen molar-refractivity contribution in [1.82, 2.24) is 4.98 Å². The minimum Gasteiger partial charge on any atom is -0.486 e. The maximum Gasteiger partial charge on any atom is 0.144 e. The molecule has 0 aliphatic carbocycles. The van der Waals surface area contributed by atoms with Gasteiger partial charge in [0.25, 0.3) is 0 Å². The zero-order chi connectivity index (χ0) is 13.0. The van der Waals surface area contributed by atoms with Crippen molar-refractivity contribution in [3.8, 4) is 11.8 Å². The van der Waals surface area contributed by atoms with Crippen molar-refractivity contribution >= 4 is 11.6 Å². The lowest BCUT2D eigenvalue weighted by molar-refractivity contribution is 0.299. The summed E-state index contributed by atoms with van der Waals surface area (Å²) in [6.45, 7) is 0.124. The van der Waals surface area contributed by atoms with E-state index in [1.807, 2.05) is 0 Å². The van der Waals surface area contributed by atoms with Crippen LogP contribution in [0.1, 0.15) is 11.3 Å². The van der Waals surface area contributed by atoms with E-state index in [-0.39, 0.29) is 17.9 Å². The van der Waals surface area contributed by atoms with Crippen molar-refractivity contribution in [3.05, 3.63) is 58.6 Å². The third kappa shape index (κ3) is 2.76. The van der Waals surface area contributed by atoms with Gasteiger partial charge in [0.2, 0.25) is 0 Å². The van der Waals surface area contributed by atoms with Gasteiger partial charge in [0.05, 0.1) is 5.69 Å². The molecule has 90 valence electrons. The largest absolute Gasteiger partial charge is 0.486 e. The van der Waals surface area contributed by atoms with Gasteiger partial charge in [-0.25, -0.2) is 4.39 Å². The number of nitrogens with zero attached hydrogens (tertiary/aromatic N) is 2. The SMILES string of the molecule is N#Cc1c(F)cccc1OCc1cc(Cl)ccn1. The molecule has 2 rings (SSSR count). The van der Waals surface area contributed by atoms with Crippen molar-refractivity contribution < 1.29 is 9.13 Å². The molecule has 0 aliphatic rings. The highest BCUT2D eigenvalue weighted by Crippen LogP contribution is 2.21. The second-order valence-corrected chi connectivity index (χ2v) is 3.92. The Morgan fingerprint density at radius 1 is 1.39 bits per heavy atom. The minimum atomic E-state index is -0.603. The molecular weight excluding hydrogens is 255 g/mol. The molecular formula is C13H8ClFN2O. The quantitative estimate of drug-likeness (QED) is 0.852. The molecule has 0 atom stereocenters. The lowest BCUT2D eigenvalue weighted by Gasteiger charge is -2.07. The van der Waals surface area contributed by atoms with Gasteiger partial charge in [-0.15, -0.1) is 0 Å². The summed E-state index contributed by atoms with van der Waals surface area (Å²) < 4.78 is 18.7. The van der Waals surface area contributed by atoms with Gasteiger partial charge in [0.15, 0.2) is 0 Å². The van der Waals surface area contributed by atoms with Gasteiger partial charge >= 0.3 is 0 Å². The van der Waals surface area contributed by atoms with E-state index in [0.717, 1.165) is 0 Å². The number of halogens is 2. The summed E-state index contributed by atoms with van der Waals surface area (Å²) in [5.74, 6) is -0.409. The van der Waals surface area contributed by atoms with E-state index in [1.54, 1.807) is 24.4 Å². The molecule has 0 N–H and O–H groups in total. The molecule has 5 heteroatoms. The Bertz CT molecular complexity index is 610. The normalized spacial score (nSPS) is 9.83. The average Bonchev–Trinajstić information content (AvgIpc) is 2.36. The van der Waals surface area contributed by atoms with Gasteiger partial charge in [-0.3, -0.25) is 4.98 Å². The maximum atomic E-state index is 13.3. The molecule has 0 bridgehead atoms. The summed E-state index contributed by atoms with van der Waals surface area (Å²) in [4.78, 5) is 4.05. The van der Waals surface area contributed by atoms with E-state index >= 15 is 0 Å². The Kier molecular flexibility index (Phi) is 3.75. The second-order valence-electron chi connectivity index (χ2n) is 3.48. The van der Waals surface area contributed by atoms with Crippen LogP contribution in [0.4, 0.5) is 4.39 Å².